The van der Waals surface area contributed by atoms with Crippen molar-refractivity contribution < 1.29 is 18.7 Å². The largest absolute Gasteiger partial charge is 0.494 e. The van der Waals surface area contributed by atoms with Gasteiger partial charge in [-0.3, -0.25) is 9.36 Å². The summed E-state index contributed by atoms with van der Waals surface area (Å²) in [5, 5.41) is 3.38. The number of hydrogen-bond donors (Lipinski definition) is 1. The van der Waals surface area contributed by atoms with Gasteiger partial charge in [0.25, 0.3) is 0 Å². The van der Waals surface area contributed by atoms with Crippen LogP contribution < -0.4 is 20.5 Å². The first-order valence-corrected chi connectivity index (χ1v) is 10.3. The van der Waals surface area contributed by atoms with Gasteiger partial charge in [0.2, 0.25) is 5.91 Å². The molecule has 3 aromatic rings. The van der Waals surface area contributed by atoms with Crippen molar-refractivity contribution >= 4 is 28.6 Å². The third kappa shape index (κ3) is 4.16. The third-order valence-electron chi connectivity index (χ3n) is 5.05. The summed E-state index contributed by atoms with van der Waals surface area (Å²) in [5.41, 5.74) is 2.99. The van der Waals surface area contributed by atoms with E-state index in [0.717, 1.165) is 29.0 Å². The fourth-order valence-corrected chi connectivity index (χ4v) is 3.82. The zero-order valence-corrected chi connectivity index (χ0v) is 17.6. The van der Waals surface area contributed by atoms with Gasteiger partial charge in [-0.05, 0) is 38.1 Å². The quantitative estimate of drug-likeness (QED) is 0.618. The molecular weight excluding hydrogens is 408 g/mol. The number of hydrogen-bond acceptors (Lipinski definition) is 5. The average Bonchev–Trinajstić information content (AvgIpc) is 3.21. The Balaban J connectivity index is 1.42. The van der Waals surface area contributed by atoms with Crippen molar-refractivity contribution in [2.45, 2.75) is 45.9 Å². The van der Waals surface area contributed by atoms with E-state index in [1.54, 1.807) is 18.2 Å². The molecule has 1 amide bonds. The van der Waals surface area contributed by atoms with Crippen LogP contribution in [0.5, 0.6) is 11.5 Å². The lowest BCUT2D eigenvalue weighted by Crippen LogP contribution is -2.26. The van der Waals surface area contributed by atoms with Gasteiger partial charge in [0, 0.05) is 48.1 Å². The Morgan fingerprint density at radius 2 is 2.17 bits per heavy atom. The van der Waals surface area contributed by atoms with Gasteiger partial charge in [-0.25, -0.2) is 4.79 Å². The summed E-state index contributed by atoms with van der Waals surface area (Å²) in [5.74, 6) is 0.902. The molecule has 4 rings (SSSR count). The Bertz CT molecular complexity index is 1150. The van der Waals surface area contributed by atoms with E-state index in [2.05, 4.69) is 5.32 Å². The highest BCUT2D eigenvalue weighted by Crippen LogP contribution is 2.35. The van der Waals surface area contributed by atoms with Crippen molar-refractivity contribution in [1.29, 1.82) is 0 Å². The van der Waals surface area contributed by atoms with E-state index in [4.69, 9.17) is 25.5 Å². The lowest BCUT2D eigenvalue weighted by Gasteiger charge is -2.13. The van der Waals surface area contributed by atoms with Crippen LogP contribution in [0.1, 0.15) is 31.4 Å². The Kier molecular flexibility index (Phi) is 5.72. The highest BCUT2D eigenvalue weighted by Gasteiger charge is 2.22. The van der Waals surface area contributed by atoms with Crippen LogP contribution in [0.3, 0.4) is 0 Å². The molecule has 1 atom stereocenters. The molecule has 2 aromatic carbocycles. The fraction of sp³-hybridized carbons (Fsp3) is 0.364. The van der Waals surface area contributed by atoms with Crippen molar-refractivity contribution in [1.82, 2.24) is 9.88 Å². The minimum Gasteiger partial charge on any atom is -0.494 e. The number of oxazole rings is 1. The second kappa shape index (κ2) is 8.44. The van der Waals surface area contributed by atoms with Crippen LogP contribution in [-0.4, -0.2) is 23.2 Å². The molecule has 0 bridgehead atoms. The molecule has 0 fully saturated rings. The molecule has 7 nitrogen and oxygen atoms in total. The molecule has 1 aliphatic heterocycles. The second-order valence-electron chi connectivity index (χ2n) is 7.29. The number of aromatic nitrogens is 1. The number of ether oxygens (including phenoxy) is 2. The number of benzene rings is 2. The molecule has 0 radical (unpaired) electrons. The SMILES string of the molecule is CCOc1cc2c(cc1CNC(=O)CCn1c(=O)oc3cc(Cl)ccc31)O[C@@H](C)C2. The van der Waals surface area contributed by atoms with E-state index < -0.39 is 5.76 Å². The minimum atomic E-state index is -0.511. The molecule has 0 spiro atoms. The van der Waals surface area contributed by atoms with Crippen LogP contribution in [0.15, 0.2) is 39.5 Å². The van der Waals surface area contributed by atoms with Crippen LogP contribution in [0.25, 0.3) is 11.1 Å². The summed E-state index contributed by atoms with van der Waals surface area (Å²) >= 11 is 5.93. The van der Waals surface area contributed by atoms with Gasteiger partial charge in [-0.1, -0.05) is 11.6 Å². The summed E-state index contributed by atoms with van der Waals surface area (Å²) in [6, 6.07) is 8.90. The number of carbonyl (C=O) groups is 1. The second-order valence-corrected chi connectivity index (χ2v) is 7.73. The van der Waals surface area contributed by atoms with Crippen molar-refractivity contribution in [2.75, 3.05) is 6.61 Å². The van der Waals surface area contributed by atoms with Crippen LogP contribution in [0.4, 0.5) is 0 Å². The lowest BCUT2D eigenvalue weighted by atomic mass is 10.1. The van der Waals surface area contributed by atoms with E-state index in [-0.39, 0.29) is 25.0 Å². The van der Waals surface area contributed by atoms with Crippen molar-refractivity contribution in [3.8, 4) is 11.5 Å². The van der Waals surface area contributed by atoms with Gasteiger partial charge in [0.1, 0.15) is 17.6 Å². The topological polar surface area (TPSA) is 82.7 Å². The Morgan fingerprint density at radius 3 is 2.97 bits per heavy atom. The van der Waals surface area contributed by atoms with Gasteiger partial charge < -0.3 is 19.2 Å². The number of fused-ring (bicyclic) bond motifs is 2. The Labute approximate surface area is 178 Å². The third-order valence-corrected chi connectivity index (χ3v) is 5.28. The minimum absolute atomic E-state index is 0.136. The summed E-state index contributed by atoms with van der Waals surface area (Å²) < 4.78 is 18.2. The van der Waals surface area contributed by atoms with Gasteiger partial charge in [0.05, 0.1) is 12.1 Å². The molecule has 0 aliphatic carbocycles. The molecule has 8 heteroatoms. The smallest absolute Gasteiger partial charge is 0.419 e. The molecule has 0 unspecified atom stereocenters. The molecule has 0 saturated carbocycles. The highest BCUT2D eigenvalue weighted by molar-refractivity contribution is 6.31. The number of halogens is 1. The number of nitrogens with one attached hydrogen (secondary N) is 1. The van der Waals surface area contributed by atoms with Crippen LogP contribution in [-0.2, 0) is 24.3 Å². The normalized spacial score (nSPS) is 15.1. The van der Waals surface area contributed by atoms with Crippen molar-refractivity contribution in [3.05, 3.63) is 57.0 Å². The first kappa shape index (κ1) is 20.3. The van der Waals surface area contributed by atoms with Crippen molar-refractivity contribution in [3.63, 3.8) is 0 Å². The first-order valence-electron chi connectivity index (χ1n) is 9.95. The maximum atomic E-state index is 12.4. The van der Waals surface area contributed by atoms with E-state index in [1.807, 2.05) is 26.0 Å². The highest BCUT2D eigenvalue weighted by atomic mass is 35.5. The molecule has 1 aliphatic rings. The van der Waals surface area contributed by atoms with Gasteiger partial charge in [0.15, 0.2) is 5.58 Å². The monoisotopic (exact) mass is 430 g/mol. The number of amides is 1. The van der Waals surface area contributed by atoms with Gasteiger partial charge in [-0.2, -0.15) is 0 Å². The van der Waals surface area contributed by atoms with E-state index in [0.29, 0.717) is 29.3 Å². The summed E-state index contributed by atoms with van der Waals surface area (Å²) in [4.78, 5) is 24.5. The maximum absolute atomic E-state index is 12.4. The van der Waals surface area contributed by atoms with E-state index in [9.17, 15) is 9.59 Å². The molecule has 158 valence electrons. The molecular formula is C22H23ClN2O5. The zero-order chi connectivity index (χ0) is 21.3. The predicted molar refractivity (Wildman–Crippen MR) is 113 cm³/mol. The standard InChI is InChI=1S/C22H23ClN2O5/c1-3-28-18-9-14-8-13(2)29-19(14)10-15(18)12-24-21(26)6-7-25-17-5-4-16(23)11-20(17)30-22(25)27/h4-5,9-11,13H,3,6-8,12H2,1-2H3,(H,24,26)/t13-/m0/s1. The molecule has 1 aromatic heterocycles. The number of nitrogens with zero attached hydrogens (tertiary/aromatic N) is 1. The van der Waals surface area contributed by atoms with Gasteiger partial charge >= 0.3 is 5.76 Å². The summed E-state index contributed by atoms with van der Waals surface area (Å²) in [6.45, 7) is 5.01. The Morgan fingerprint density at radius 1 is 1.33 bits per heavy atom. The molecule has 1 N–H and O–H groups in total. The predicted octanol–water partition coefficient (Wildman–Crippen LogP) is 3.68. The molecule has 0 saturated heterocycles. The van der Waals surface area contributed by atoms with Crippen LogP contribution in [0, 0.1) is 0 Å². The number of carbonyl (C=O) groups excluding carboxylic acids is 1. The zero-order valence-electron chi connectivity index (χ0n) is 16.9. The first-order chi connectivity index (χ1) is 14.4. The van der Waals surface area contributed by atoms with E-state index in [1.165, 1.54) is 4.57 Å². The number of aryl methyl sites for hydroxylation is 1. The number of rotatable bonds is 7. The van der Waals surface area contributed by atoms with Crippen LogP contribution >= 0.6 is 11.6 Å². The molecule has 2 heterocycles. The molecule has 30 heavy (non-hydrogen) atoms. The van der Waals surface area contributed by atoms with Gasteiger partial charge in [-0.15, -0.1) is 0 Å². The van der Waals surface area contributed by atoms with E-state index >= 15 is 0 Å². The summed E-state index contributed by atoms with van der Waals surface area (Å²) in [7, 11) is 0. The average molecular weight is 431 g/mol. The fourth-order valence-electron chi connectivity index (χ4n) is 3.66. The van der Waals surface area contributed by atoms with Crippen molar-refractivity contribution in [2.24, 2.45) is 0 Å². The maximum Gasteiger partial charge on any atom is 0.419 e. The van der Waals surface area contributed by atoms with Crippen LogP contribution in [0.2, 0.25) is 5.02 Å². The Hall–Kier alpha value is -2.93. The summed E-state index contributed by atoms with van der Waals surface area (Å²) in [6.07, 6.45) is 1.12. The lowest BCUT2D eigenvalue weighted by molar-refractivity contribution is -0.121.